The third-order valence-electron chi connectivity index (χ3n) is 4.72. The molecule has 1 fully saturated rings. The van der Waals surface area contributed by atoms with Gasteiger partial charge in [-0.3, -0.25) is 9.36 Å². The number of nitrogens with one attached hydrogen (secondary N) is 1. The maximum atomic E-state index is 12.3. The van der Waals surface area contributed by atoms with Gasteiger partial charge in [-0.15, -0.1) is 10.2 Å². The number of hydrogen-bond donors (Lipinski definition) is 1. The Morgan fingerprint density at radius 3 is 2.63 bits per heavy atom. The lowest BCUT2D eigenvalue weighted by Gasteiger charge is -2.13. The number of carbonyl (C=O) groups excluding carboxylic acids is 1. The normalized spacial score (nSPS) is 16.0. The number of ether oxygens (including phenoxy) is 1. The van der Waals surface area contributed by atoms with Gasteiger partial charge in [0.1, 0.15) is 0 Å². The molecule has 0 radical (unpaired) electrons. The fourth-order valence-corrected chi connectivity index (χ4v) is 4.46. The number of para-hydroxylation sites is 1. The Balaban J connectivity index is 1.58. The molecule has 1 saturated heterocycles. The second-order valence-electron chi connectivity index (χ2n) is 6.80. The first-order valence-corrected chi connectivity index (χ1v) is 11.3. The van der Waals surface area contributed by atoms with Crippen LogP contribution >= 0.6 is 35.0 Å². The van der Waals surface area contributed by atoms with Crippen molar-refractivity contribution in [1.82, 2.24) is 20.1 Å². The maximum absolute atomic E-state index is 12.3. The van der Waals surface area contributed by atoms with Crippen LogP contribution in [-0.2, 0) is 9.53 Å². The van der Waals surface area contributed by atoms with Gasteiger partial charge in [0.25, 0.3) is 0 Å². The van der Waals surface area contributed by atoms with Gasteiger partial charge in [-0.2, -0.15) is 0 Å². The number of hydrogen-bond acceptors (Lipinski definition) is 5. The standard InChI is InChI=1S/C21H20Cl2N4O2S/c22-16-8-2-1-7-15(16)20-25-26-21(27(20)18-10-4-3-9-17(18)23)30-13-19(28)24-12-14-6-5-11-29-14/h1-4,7-10,14H,5-6,11-13H2,(H,24,28). The number of thioether (sulfide) groups is 1. The molecule has 156 valence electrons. The Morgan fingerprint density at radius 1 is 1.13 bits per heavy atom. The maximum Gasteiger partial charge on any atom is 0.230 e. The summed E-state index contributed by atoms with van der Waals surface area (Å²) in [7, 11) is 0. The van der Waals surface area contributed by atoms with E-state index in [1.807, 2.05) is 41.0 Å². The van der Waals surface area contributed by atoms with Gasteiger partial charge in [0.15, 0.2) is 11.0 Å². The van der Waals surface area contributed by atoms with Crippen molar-refractivity contribution in [3.8, 4) is 17.1 Å². The van der Waals surface area contributed by atoms with E-state index < -0.39 is 0 Å². The molecule has 3 aromatic rings. The summed E-state index contributed by atoms with van der Waals surface area (Å²) in [6.45, 7) is 1.29. The average molecular weight is 463 g/mol. The molecule has 1 aliphatic heterocycles. The van der Waals surface area contributed by atoms with Crippen LogP contribution in [-0.4, -0.2) is 45.7 Å². The highest BCUT2D eigenvalue weighted by Gasteiger charge is 2.21. The van der Waals surface area contributed by atoms with Crippen molar-refractivity contribution in [2.45, 2.75) is 24.1 Å². The second kappa shape index (κ2) is 9.83. The molecule has 2 heterocycles. The monoisotopic (exact) mass is 462 g/mol. The minimum Gasteiger partial charge on any atom is -0.376 e. The number of carbonyl (C=O) groups is 1. The molecule has 1 N–H and O–H groups in total. The van der Waals surface area contributed by atoms with Crippen molar-refractivity contribution in [3.05, 3.63) is 58.6 Å². The van der Waals surface area contributed by atoms with E-state index in [9.17, 15) is 4.79 Å². The van der Waals surface area contributed by atoms with E-state index in [-0.39, 0.29) is 17.8 Å². The van der Waals surface area contributed by atoms with Gasteiger partial charge < -0.3 is 10.1 Å². The van der Waals surface area contributed by atoms with Crippen LogP contribution in [0.25, 0.3) is 17.1 Å². The van der Waals surface area contributed by atoms with E-state index in [0.717, 1.165) is 30.7 Å². The summed E-state index contributed by atoms with van der Waals surface area (Å²) in [5, 5.41) is 13.3. The number of halogens is 2. The predicted octanol–water partition coefficient (Wildman–Crippen LogP) is 4.63. The summed E-state index contributed by atoms with van der Waals surface area (Å²) >= 11 is 14.2. The van der Waals surface area contributed by atoms with Crippen molar-refractivity contribution in [2.24, 2.45) is 0 Å². The quantitative estimate of drug-likeness (QED) is 0.518. The van der Waals surface area contributed by atoms with Crippen LogP contribution in [0.3, 0.4) is 0 Å². The molecule has 0 aliphatic carbocycles. The van der Waals surface area contributed by atoms with Crippen LogP contribution in [0.1, 0.15) is 12.8 Å². The van der Waals surface area contributed by atoms with E-state index in [4.69, 9.17) is 27.9 Å². The highest BCUT2D eigenvalue weighted by Crippen LogP contribution is 2.34. The van der Waals surface area contributed by atoms with Gasteiger partial charge in [-0.25, -0.2) is 0 Å². The summed E-state index contributed by atoms with van der Waals surface area (Å²) in [4.78, 5) is 12.3. The molecule has 1 aliphatic rings. The Bertz CT molecular complexity index is 1040. The number of rotatable bonds is 7. The lowest BCUT2D eigenvalue weighted by atomic mass is 10.2. The molecule has 1 unspecified atom stereocenters. The van der Waals surface area contributed by atoms with Crippen molar-refractivity contribution < 1.29 is 9.53 Å². The summed E-state index contributed by atoms with van der Waals surface area (Å²) in [5.41, 5.74) is 1.46. The third-order valence-corrected chi connectivity index (χ3v) is 6.30. The van der Waals surface area contributed by atoms with E-state index in [1.54, 1.807) is 12.1 Å². The van der Waals surface area contributed by atoms with Crippen LogP contribution in [0.5, 0.6) is 0 Å². The number of aromatic nitrogens is 3. The first-order chi connectivity index (χ1) is 14.6. The molecule has 2 aromatic carbocycles. The number of amides is 1. The zero-order chi connectivity index (χ0) is 20.9. The Morgan fingerprint density at radius 2 is 1.90 bits per heavy atom. The highest BCUT2D eigenvalue weighted by atomic mass is 35.5. The first kappa shape index (κ1) is 21.2. The molecule has 1 atom stereocenters. The van der Waals surface area contributed by atoms with Gasteiger partial charge in [0.05, 0.1) is 27.6 Å². The molecule has 4 rings (SSSR count). The van der Waals surface area contributed by atoms with Crippen molar-refractivity contribution in [1.29, 1.82) is 0 Å². The van der Waals surface area contributed by atoms with Gasteiger partial charge in [0.2, 0.25) is 5.91 Å². The molecule has 1 aromatic heterocycles. The SMILES string of the molecule is O=C(CSc1nnc(-c2ccccc2Cl)n1-c1ccccc1Cl)NCC1CCCO1. The number of nitrogens with zero attached hydrogens (tertiary/aromatic N) is 3. The molecular weight excluding hydrogens is 443 g/mol. The summed E-state index contributed by atoms with van der Waals surface area (Å²) in [6.07, 6.45) is 2.13. The minimum absolute atomic E-state index is 0.0801. The zero-order valence-electron chi connectivity index (χ0n) is 16.1. The molecular formula is C21H20Cl2N4O2S. The fourth-order valence-electron chi connectivity index (χ4n) is 3.24. The van der Waals surface area contributed by atoms with Gasteiger partial charge in [-0.05, 0) is 37.1 Å². The zero-order valence-corrected chi connectivity index (χ0v) is 18.4. The summed E-state index contributed by atoms with van der Waals surface area (Å²) in [6, 6.07) is 14.9. The molecule has 0 spiro atoms. The molecule has 0 saturated carbocycles. The molecule has 0 bridgehead atoms. The smallest absolute Gasteiger partial charge is 0.230 e. The Kier molecular flexibility index (Phi) is 6.94. The number of benzene rings is 2. The highest BCUT2D eigenvalue weighted by molar-refractivity contribution is 7.99. The van der Waals surface area contributed by atoms with E-state index in [1.165, 1.54) is 11.8 Å². The third kappa shape index (κ3) is 4.81. The van der Waals surface area contributed by atoms with Crippen molar-refractivity contribution in [2.75, 3.05) is 18.9 Å². The van der Waals surface area contributed by atoms with Crippen LogP contribution in [0.15, 0.2) is 53.7 Å². The first-order valence-electron chi connectivity index (χ1n) is 9.60. The Hall–Kier alpha value is -2.06. The van der Waals surface area contributed by atoms with Gasteiger partial charge >= 0.3 is 0 Å². The van der Waals surface area contributed by atoms with E-state index >= 15 is 0 Å². The lowest BCUT2D eigenvalue weighted by Crippen LogP contribution is -2.32. The van der Waals surface area contributed by atoms with Crippen LogP contribution < -0.4 is 5.32 Å². The second-order valence-corrected chi connectivity index (χ2v) is 8.56. The molecule has 1 amide bonds. The van der Waals surface area contributed by atoms with Crippen molar-refractivity contribution >= 4 is 40.9 Å². The van der Waals surface area contributed by atoms with Crippen LogP contribution in [0.2, 0.25) is 10.0 Å². The lowest BCUT2D eigenvalue weighted by molar-refractivity contribution is -0.119. The molecule has 30 heavy (non-hydrogen) atoms. The fraction of sp³-hybridized carbons (Fsp3) is 0.286. The average Bonchev–Trinajstić information content (AvgIpc) is 3.41. The Labute approximate surface area is 188 Å². The molecule has 6 nitrogen and oxygen atoms in total. The largest absolute Gasteiger partial charge is 0.376 e. The van der Waals surface area contributed by atoms with E-state index in [2.05, 4.69) is 15.5 Å². The van der Waals surface area contributed by atoms with Crippen LogP contribution in [0.4, 0.5) is 0 Å². The van der Waals surface area contributed by atoms with E-state index in [0.29, 0.717) is 27.6 Å². The van der Waals surface area contributed by atoms with Crippen LogP contribution in [0, 0.1) is 0 Å². The minimum atomic E-state index is -0.0801. The predicted molar refractivity (Wildman–Crippen MR) is 120 cm³/mol. The summed E-state index contributed by atoms with van der Waals surface area (Å²) < 4.78 is 7.38. The summed E-state index contributed by atoms with van der Waals surface area (Å²) in [5.74, 6) is 0.692. The van der Waals surface area contributed by atoms with Gasteiger partial charge in [-0.1, -0.05) is 59.2 Å². The molecule has 9 heteroatoms. The van der Waals surface area contributed by atoms with Gasteiger partial charge in [0, 0.05) is 18.7 Å². The topological polar surface area (TPSA) is 69.0 Å². The van der Waals surface area contributed by atoms with Crippen molar-refractivity contribution in [3.63, 3.8) is 0 Å².